The Labute approximate surface area is 206 Å². The Hall–Kier alpha value is -3.40. The predicted octanol–water partition coefficient (Wildman–Crippen LogP) is 1.99. The van der Waals surface area contributed by atoms with Crippen molar-refractivity contribution in [3.8, 4) is 5.75 Å². The van der Waals surface area contributed by atoms with Gasteiger partial charge in [0.15, 0.2) is 5.69 Å². The van der Waals surface area contributed by atoms with Crippen molar-refractivity contribution in [1.82, 2.24) is 25.1 Å². The third-order valence-corrected chi connectivity index (χ3v) is 6.05. The van der Waals surface area contributed by atoms with Crippen LogP contribution in [0.3, 0.4) is 0 Å². The highest BCUT2D eigenvalue weighted by Crippen LogP contribution is 2.28. The van der Waals surface area contributed by atoms with Crippen molar-refractivity contribution in [2.45, 2.75) is 58.8 Å². The molecule has 1 aliphatic rings. The molecule has 1 aromatic carbocycles. The summed E-state index contributed by atoms with van der Waals surface area (Å²) in [5, 5.41) is 5.74. The van der Waals surface area contributed by atoms with Crippen LogP contribution in [0.5, 0.6) is 5.75 Å². The van der Waals surface area contributed by atoms with E-state index in [4.69, 9.17) is 9.47 Å². The number of fused-ring (bicyclic) bond motifs is 1. The first kappa shape index (κ1) is 26.2. The fourth-order valence-corrected chi connectivity index (χ4v) is 4.14. The molecule has 2 N–H and O–H groups in total. The average molecular weight is 486 g/mol. The summed E-state index contributed by atoms with van der Waals surface area (Å²) < 4.78 is 12.3. The molecule has 3 rings (SSSR count). The maximum absolute atomic E-state index is 13.4. The molecule has 35 heavy (non-hydrogen) atoms. The van der Waals surface area contributed by atoms with Crippen molar-refractivity contribution in [3.05, 3.63) is 47.5 Å². The number of carbonyl (C=O) groups is 3. The molecule has 0 saturated carbocycles. The van der Waals surface area contributed by atoms with Gasteiger partial charge in [-0.15, -0.1) is 0 Å². The number of aromatic nitrogens is 2. The molecule has 10 nitrogen and oxygen atoms in total. The number of nitrogens with zero attached hydrogens (tertiary/aromatic N) is 3. The lowest BCUT2D eigenvalue weighted by Gasteiger charge is -2.43. The van der Waals surface area contributed by atoms with Gasteiger partial charge in [0.25, 0.3) is 11.8 Å². The van der Waals surface area contributed by atoms with Gasteiger partial charge in [-0.2, -0.15) is 0 Å². The largest absolute Gasteiger partial charge is 0.497 e. The van der Waals surface area contributed by atoms with Gasteiger partial charge in [0.1, 0.15) is 17.0 Å². The third-order valence-electron chi connectivity index (χ3n) is 6.05. The average Bonchev–Trinajstić information content (AvgIpc) is 3.26. The molecular weight excluding hydrogens is 450 g/mol. The number of ether oxygens (including phenoxy) is 2. The van der Waals surface area contributed by atoms with Gasteiger partial charge in [-0.25, -0.2) is 4.98 Å². The SMILES string of the molecule is CCN1C(=O)c2c(C(=O)NCc3ccc(OC)cc3)ncn2CC1(C)C(=O)NCCCOC(C)C. The van der Waals surface area contributed by atoms with Crippen molar-refractivity contribution >= 4 is 17.7 Å². The number of amides is 3. The van der Waals surface area contributed by atoms with Gasteiger partial charge >= 0.3 is 0 Å². The van der Waals surface area contributed by atoms with Gasteiger partial charge in [0.05, 0.1) is 26.1 Å². The third kappa shape index (κ3) is 5.82. The molecule has 3 amide bonds. The minimum atomic E-state index is -1.10. The second-order valence-corrected chi connectivity index (χ2v) is 8.95. The molecule has 2 heterocycles. The fraction of sp³-hybridized carbons (Fsp3) is 0.520. The molecule has 1 aromatic heterocycles. The molecule has 0 saturated heterocycles. The van der Waals surface area contributed by atoms with Crippen LogP contribution in [0.2, 0.25) is 0 Å². The van der Waals surface area contributed by atoms with E-state index in [1.165, 1.54) is 11.2 Å². The molecule has 0 bridgehead atoms. The van der Waals surface area contributed by atoms with Crippen LogP contribution in [0.25, 0.3) is 0 Å². The fourth-order valence-electron chi connectivity index (χ4n) is 4.14. The van der Waals surface area contributed by atoms with Crippen LogP contribution in [0.15, 0.2) is 30.6 Å². The zero-order chi connectivity index (χ0) is 25.6. The van der Waals surface area contributed by atoms with Crippen LogP contribution in [0, 0.1) is 0 Å². The van der Waals surface area contributed by atoms with E-state index in [0.717, 1.165) is 11.3 Å². The van der Waals surface area contributed by atoms with E-state index in [0.29, 0.717) is 26.1 Å². The number of imidazole rings is 1. The Morgan fingerprint density at radius 2 is 1.91 bits per heavy atom. The summed E-state index contributed by atoms with van der Waals surface area (Å²) in [5.41, 5.74) is 0.0247. The van der Waals surface area contributed by atoms with Gasteiger partial charge < -0.3 is 29.6 Å². The molecule has 0 radical (unpaired) electrons. The van der Waals surface area contributed by atoms with Crippen LogP contribution in [0.4, 0.5) is 0 Å². The van der Waals surface area contributed by atoms with Gasteiger partial charge in [-0.3, -0.25) is 14.4 Å². The van der Waals surface area contributed by atoms with Crippen LogP contribution in [-0.2, 0) is 22.6 Å². The first-order chi connectivity index (χ1) is 16.7. The predicted molar refractivity (Wildman–Crippen MR) is 130 cm³/mol. The van der Waals surface area contributed by atoms with E-state index in [1.54, 1.807) is 18.6 Å². The quantitative estimate of drug-likeness (QED) is 0.471. The van der Waals surface area contributed by atoms with Crippen LogP contribution < -0.4 is 15.4 Å². The van der Waals surface area contributed by atoms with Crippen molar-refractivity contribution in [2.75, 3.05) is 26.8 Å². The van der Waals surface area contributed by atoms with Crippen molar-refractivity contribution in [2.24, 2.45) is 0 Å². The summed E-state index contributed by atoms with van der Waals surface area (Å²) in [6.45, 7) is 9.27. The highest BCUT2D eigenvalue weighted by atomic mass is 16.5. The molecular formula is C25H35N5O5. The zero-order valence-corrected chi connectivity index (χ0v) is 21.1. The maximum atomic E-state index is 13.4. The van der Waals surface area contributed by atoms with E-state index in [1.807, 2.05) is 45.0 Å². The Kier molecular flexibility index (Phi) is 8.50. The molecule has 1 aliphatic heterocycles. The molecule has 0 fully saturated rings. The number of benzene rings is 1. The number of likely N-dealkylation sites (N-methyl/N-ethyl adjacent to an activating group) is 1. The van der Waals surface area contributed by atoms with Crippen LogP contribution in [0.1, 0.15) is 60.7 Å². The monoisotopic (exact) mass is 485 g/mol. The van der Waals surface area contributed by atoms with E-state index in [2.05, 4.69) is 15.6 Å². The second-order valence-electron chi connectivity index (χ2n) is 8.95. The Morgan fingerprint density at radius 1 is 1.20 bits per heavy atom. The van der Waals surface area contributed by atoms with E-state index in [-0.39, 0.29) is 36.5 Å². The summed E-state index contributed by atoms with van der Waals surface area (Å²) >= 11 is 0. The lowest BCUT2D eigenvalue weighted by atomic mass is 9.94. The highest BCUT2D eigenvalue weighted by Gasteiger charge is 2.48. The molecule has 0 spiro atoms. The number of nitrogens with one attached hydrogen (secondary N) is 2. The Bertz CT molecular complexity index is 1050. The number of carbonyl (C=O) groups excluding carboxylic acids is 3. The number of methoxy groups -OCH3 is 1. The van der Waals surface area contributed by atoms with Crippen LogP contribution in [-0.4, -0.2) is 70.6 Å². The highest BCUT2D eigenvalue weighted by molar-refractivity contribution is 6.07. The molecule has 2 aromatic rings. The summed E-state index contributed by atoms with van der Waals surface area (Å²) in [7, 11) is 1.59. The van der Waals surface area contributed by atoms with Gasteiger partial charge in [-0.05, 0) is 51.8 Å². The number of hydrogen-bond donors (Lipinski definition) is 2. The van der Waals surface area contributed by atoms with Crippen molar-refractivity contribution in [1.29, 1.82) is 0 Å². The summed E-state index contributed by atoms with van der Waals surface area (Å²) in [4.78, 5) is 45.2. The van der Waals surface area contributed by atoms with Crippen LogP contribution >= 0.6 is 0 Å². The lowest BCUT2D eigenvalue weighted by Crippen LogP contribution is -2.64. The lowest BCUT2D eigenvalue weighted by molar-refractivity contribution is -0.132. The summed E-state index contributed by atoms with van der Waals surface area (Å²) in [5.74, 6) is -0.365. The molecule has 0 aliphatic carbocycles. The first-order valence-corrected chi connectivity index (χ1v) is 11.9. The number of hydrogen-bond acceptors (Lipinski definition) is 6. The summed E-state index contributed by atoms with van der Waals surface area (Å²) in [6.07, 6.45) is 2.26. The normalized spacial score (nSPS) is 17.3. The van der Waals surface area contributed by atoms with Gasteiger partial charge in [-0.1, -0.05) is 12.1 Å². The van der Waals surface area contributed by atoms with Gasteiger partial charge in [0, 0.05) is 26.2 Å². The van der Waals surface area contributed by atoms with E-state index < -0.39 is 17.4 Å². The van der Waals surface area contributed by atoms with E-state index >= 15 is 0 Å². The first-order valence-electron chi connectivity index (χ1n) is 11.9. The molecule has 1 unspecified atom stereocenters. The minimum Gasteiger partial charge on any atom is -0.497 e. The zero-order valence-electron chi connectivity index (χ0n) is 21.1. The maximum Gasteiger partial charge on any atom is 0.273 e. The van der Waals surface area contributed by atoms with Crippen molar-refractivity contribution < 1.29 is 23.9 Å². The molecule has 190 valence electrons. The van der Waals surface area contributed by atoms with Gasteiger partial charge in [0.2, 0.25) is 5.91 Å². The standard InChI is InChI=1S/C25H35N5O5/c1-6-30-23(32)21-20(22(31)27-14-18-8-10-19(34-5)11-9-18)28-16-29(21)15-25(30,4)24(33)26-12-7-13-35-17(2)3/h8-11,16-17H,6-7,12-15H2,1-5H3,(H,26,33)(H,27,31). The van der Waals surface area contributed by atoms with E-state index in [9.17, 15) is 14.4 Å². The second kappa shape index (κ2) is 11.4. The molecule has 1 atom stereocenters. The summed E-state index contributed by atoms with van der Waals surface area (Å²) in [6, 6.07) is 7.33. The number of rotatable bonds is 11. The Morgan fingerprint density at radius 3 is 2.54 bits per heavy atom. The minimum absolute atomic E-state index is 0.0512. The topological polar surface area (TPSA) is 115 Å². The van der Waals surface area contributed by atoms with Crippen molar-refractivity contribution in [3.63, 3.8) is 0 Å². The Balaban J connectivity index is 1.70. The smallest absolute Gasteiger partial charge is 0.273 e. The molecule has 10 heteroatoms.